The van der Waals surface area contributed by atoms with Gasteiger partial charge in [-0.05, 0) is 48.1 Å². The lowest BCUT2D eigenvalue weighted by Gasteiger charge is -2.21. The van der Waals surface area contributed by atoms with Crippen molar-refractivity contribution in [3.63, 3.8) is 0 Å². The standard InChI is InChI=1S/C28H33N3O2/c1-31(2)28(32)26-16-15-24(17-27(26)33-20-21-9-5-3-6-10-21)30-19-25-14-13-23(18-29-25)22-11-7-4-8-12-22/h3,5-6,9-10,13-18,22,30H,4,7-8,11-12,19-20H2,1-2H3. The second-order valence-electron chi connectivity index (χ2n) is 8.96. The maximum atomic E-state index is 12.6. The highest BCUT2D eigenvalue weighted by molar-refractivity contribution is 5.97. The minimum absolute atomic E-state index is 0.0791. The lowest BCUT2D eigenvalue weighted by atomic mass is 9.85. The van der Waals surface area contributed by atoms with Crippen molar-refractivity contribution < 1.29 is 9.53 Å². The summed E-state index contributed by atoms with van der Waals surface area (Å²) in [5.74, 6) is 1.16. The van der Waals surface area contributed by atoms with Crippen LogP contribution in [0.1, 0.15) is 65.2 Å². The summed E-state index contributed by atoms with van der Waals surface area (Å²) in [6.45, 7) is 1.02. The third-order valence-corrected chi connectivity index (χ3v) is 6.25. The third kappa shape index (κ3) is 6.13. The van der Waals surface area contributed by atoms with Gasteiger partial charge in [-0.3, -0.25) is 9.78 Å². The van der Waals surface area contributed by atoms with E-state index < -0.39 is 0 Å². The molecule has 1 aliphatic rings. The van der Waals surface area contributed by atoms with Crippen LogP contribution >= 0.6 is 0 Å². The van der Waals surface area contributed by atoms with E-state index in [0.717, 1.165) is 16.9 Å². The number of ether oxygens (including phenoxy) is 1. The van der Waals surface area contributed by atoms with Crippen molar-refractivity contribution in [1.82, 2.24) is 9.88 Å². The predicted octanol–water partition coefficient (Wildman–Crippen LogP) is 6.02. The maximum Gasteiger partial charge on any atom is 0.257 e. The van der Waals surface area contributed by atoms with Crippen molar-refractivity contribution >= 4 is 11.6 Å². The van der Waals surface area contributed by atoms with Crippen molar-refractivity contribution in [1.29, 1.82) is 0 Å². The van der Waals surface area contributed by atoms with Gasteiger partial charge in [0, 0.05) is 32.0 Å². The molecule has 0 atom stereocenters. The minimum Gasteiger partial charge on any atom is -0.488 e. The Hall–Kier alpha value is -3.34. The predicted molar refractivity (Wildman–Crippen MR) is 133 cm³/mol. The molecule has 2 aromatic carbocycles. The summed E-state index contributed by atoms with van der Waals surface area (Å²) >= 11 is 0. The van der Waals surface area contributed by atoms with E-state index in [2.05, 4.69) is 22.4 Å². The van der Waals surface area contributed by atoms with Crippen LogP contribution in [0.5, 0.6) is 5.75 Å². The zero-order valence-corrected chi connectivity index (χ0v) is 19.6. The van der Waals surface area contributed by atoms with Gasteiger partial charge in [-0.15, -0.1) is 0 Å². The monoisotopic (exact) mass is 443 g/mol. The second kappa shape index (κ2) is 11.0. The third-order valence-electron chi connectivity index (χ3n) is 6.25. The molecule has 1 amide bonds. The molecule has 5 heteroatoms. The van der Waals surface area contributed by atoms with Crippen molar-refractivity contribution in [2.75, 3.05) is 19.4 Å². The fourth-order valence-electron chi connectivity index (χ4n) is 4.32. The van der Waals surface area contributed by atoms with Crippen LogP contribution in [0.2, 0.25) is 0 Å². The second-order valence-corrected chi connectivity index (χ2v) is 8.96. The molecule has 1 aliphatic carbocycles. The summed E-state index contributed by atoms with van der Waals surface area (Å²) in [5.41, 5.74) is 4.86. The number of anilines is 1. The van der Waals surface area contributed by atoms with E-state index in [1.807, 2.05) is 54.7 Å². The number of pyridine rings is 1. The van der Waals surface area contributed by atoms with Crippen molar-refractivity contribution in [2.24, 2.45) is 0 Å². The smallest absolute Gasteiger partial charge is 0.257 e. The number of aromatic nitrogens is 1. The molecule has 0 spiro atoms. The van der Waals surface area contributed by atoms with Gasteiger partial charge in [0.05, 0.1) is 17.8 Å². The van der Waals surface area contributed by atoms with Crippen molar-refractivity contribution in [3.8, 4) is 5.75 Å². The molecule has 0 radical (unpaired) electrons. The van der Waals surface area contributed by atoms with Gasteiger partial charge < -0.3 is 15.0 Å². The SMILES string of the molecule is CN(C)C(=O)c1ccc(NCc2ccc(C3CCCCC3)cn2)cc1OCc1ccccc1. The fourth-order valence-corrected chi connectivity index (χ4v) is 4.32. The Kier molecular flexibility index (Phi) is 7.61. The summed E-state index contributed by atoms with van der Waals surface area (Å²) in [7, 11) is 3.50. The van der Waals surface area contributed by atoms with Gasteiger partial charge in [0.25, 0.3) is 5.91 Å². The zero-order valence-electron chi connectivity index (χ0n) is 19.6. The first kappa shape index (κ1) is 22.8. The number of benzene rings is 2. The van der Waals surface area contributed by atoms with Crippen LogP contribution in [-0.2, 0) is 13.2 Å². The molecule has 3 aromatic rings. The summed E-state index contributed by atoms with van der Waals surface area (Å²) in [6.07, 6.45) is 8.62. The summed E-state index contributed by atoms with van der Waals surface area (Å²) in [6, 6.07) is 20.0. The fraction of sp³-hybridized carbons (Fsp3) is 0.357. The van der Waals surface area contributed by atoms with Crippen LogP contribution in [0.3, 0.4) is 0 Å². The number of hydrogen-bond donors (Lipinski definition) is 1. The van der Waals surface area contributed by atoms with E-state index in [0.29, 0.717) is 30.4 Å². The number of amides is 1. The van der Waals surface area contributed by atoms with Gasteiger partial charge >= 0.3 is 0 Å². The normalized spacial score (nSPS) is 14.0. The van der Waals surface area contributed by atoms with Crippen LogP contribution in [0.15, 0.2) is 66.9 Å². The van der Waals surface area contributed by atoms with E-state index >= 15 is 0 Å². The van der Waals surface area contributed by atoms with E-state index in [-0.39, 0.29) is 5.91 Å². The van der Waals surface area contributed by atoms with Crippen molar-refractivity contribution in [3.05, 3.63) is 89.2 Å². The summed E-state index contributed by atoms with van der Waals surface area (Å²) in [4.78, 5) is 18.9. The quantitative estimate of drug-likeness (QED) is 0.462. The molecule has 0 bridgehead atoms. The van der Waals surface area contributed by atoms with Crippen LogP contribution < -0.4 is 10.1 Å². The average molecular weight is 444 g/mol. The number of hydrogen-bond acceptors (Lipinski definition) is 4. The molecule has 0 aliphatic heterocycles. The zero-order chi connectivity index (χ0) is 23.0. The highest BCUT2D eigenvalue weighted by atomic mass is 16.5. The van der Waals surface area contributed by atoms with Crippen LogP contribution in [0.4, 0.5) is 5.69 Å². The molecule has 33 heavy (non-hydrogen) atoms. The van der Waals surface area contributed by atoms with Gasteiger partial charge in [0.1, 0.15) is 12.4 Å². The van der Waals surface area contributed by atoms with E-state index in [4.69, 9.17) is 4.74 Å². The van der Waals surface area contributed by atoms with Gasteiger partial charge in [-0.25, -0.2) is 0 Å². The van der Waals surface area contributed by atoms with E-state index in [9.17, 15) is 4.79 Å². The molecule has 5 nitrogen and oxygen atoms in total. The lowest BCUT2D eigenvalue weighted by molar-refractivity contribution is 0.0823. The number of carbonyl (C=O) groups excluding carboxylic acids is 1. The molecular formula is C28H33N3O2. The van der Waals surface area contributed by atoms with E-state index in [1.54, 1.807) is 19.0 Å². The number of rotatable bonds is 8. The Morgan fingerprint density at radius 1 is 1.03 bits per heavy atom. The molecule has 1 heterocycles. The van der Waals surface area contributed by atoms with Crippen LogP contribution in [-0.4, -0.2) is 29.9 Å². The topological polar surface area (TPSA) is 54.5 Å². The first-order chi connectivity index (χ1) is 16.1. The van der Waals surface area contributed by atoms with Gasteiger partial charge in [0.2, 0.25) is 0 Å². The molecular weight excluding hydrogens is 410 g/mol. The molecule has 0 unspecified atom stereocenters. The van der Waals surface area contributed by atoms with Gasteiger partial charge in [0.15, 0.2) is 0 Å². The Balaban J connectivity index is 1.44. The number of carbonyl (C=O) groups is 1. The van der Waals surface area contributed by atoms with Gasteiger partial charge in [-0.1, -0.05) is 55.7 Å². The van der Waals surface area contributed by atoms with Crippen molar-refractivity contribution in [2.45, 2.75) is 51.2 Å². The maximum absolute atomic E-state index is 12.6. The molecule has 1 fully saturated rings. The highest BCUT2D eigenvalue weighted by Gasteiger charge is 2.17. The van der Waals surface area contributed by atoms with Gasteiger partial charge in [-0.2, -0.15) is 0 Å². The number of nitrogens with zero attached hydrogens (tertiary/aromatic N) is 2. The Labute approximate surface area is 196 Å². The molecule has 4 rings (SSSR count). The Bertz CT molecular complexity index is 1040. The Morgan fingerprint density at radius 2 is 1.82 bits per heavy atom. The molecule has 1 saturated carbocycles. The molecule has 1 N–H and O–H groups in total. The summed E-state index contributed by atoms with van der Waals surface area (Å²) in [5, 5.41) is 3.43. The largest absolute Gasteiger partial charge is 0.488 e. The van der Waals surface area contributed by atoms with Crippen LogP contribution in [0.25, 0.3) is 0 Å². The highest BCUT2D eigenvalue weighted by Crippen LogP contribution is 2.32. The van der Waals surface area contributed by atoms with Crippen LogP contribution in [0, 0.1) is 0 Å². The Morgan fingerprint density at radius 3 is 2.52 bits per heavy atom. The number of nitrogens with one attached hydrogen (secondary N) is 1. The molecule has 0 saturated heterocycles. The minimum atomic E-state index is -0.0791. The first-order valence-corrected chi connectivity index (χ1v) is 11.8. The summed E-state index contributed by atoms with van der Waals surface area (Å²) < 4.78 is 6.07. The first-order valence-electron chi connectivity index (χ1n) is 11.8. The van der Waals surface area contributed by atoms with E-state index in [1.165, 1.54) is 37.7 Å². The molecule has 172 valence electrons. The average Bonchev–Trinajstić information content (AvgIpc) is 2.87. The molecule has 1 aromatic heterocycles. The lowest BCUT2D eigenvalue weighted by Crippen LogP contribution is -2.22.